The summed E-state index contributed by atoms with van der Waals surface area (Å²) in [5.74, 6) is 0.00825. The van der Waals surface area contributed by atoms with Crippen LogP contribution in [0.1, 0.15) is 6.92 Å². The van der Waals surface area contributed by atoms with Crippen molar-refractivity contribution in [2.75, 3.05) is 6.61 Å². The van der Waals surface area contributed by atoms with Crippen molar-refractivity contribution in [1.29, 1.82) is 0 Å². The predicted octanol–water partition coefficient (Wildman–Crippen LogP) is 0.144. The van der Waals surface area contributed by atoms with Crippen LogP contribution in [-0.4, -0.2) is 63.5 Å². The summed E-state index contributed by atoms with van der Waals surface area (Å²) in [6, 6.07) is 4.18. The van der Waals surface area contributed by atoms with Crippen LogP contribution in [0.15, 0.2) is 24.4 Å². The van der Waals surface area contributed by atoms with Crippen LogP contribution in [0.3, 0.4) is 0 Å². The maximum Gasteiger partial charge on any atom is 0.223 e. The molecule has 0 aliphatic carbocycles. The molecule has 1 aromatic heterocycles. The number of aliphatic hydroxyl groups is 3. The molecule has 1 aromatic carbocycles. The maximum absolute atomic E-state index is 11.4. The normalized spacial score (nSPS) is 29.6. The number of ether oxygens (including phenoxy) is 2. The molecular weight excluding hydrogens is 352 g/mol. The molecule has 0 bridgehead atoms. The van der Waals surface area contributed by atoms with Gasteiger partial charge in [-0.25, -0.2) is 0 Å². The molecule has 1 aliphatic rings. The van der Waals surface area contributed by atoms with Gasteiger partial charge in [0, 0.05) is 23.5 Å². The Labute approximate surface area is 148 Å². The van der Waals surface area contributed by atoms with Crippen molar-refractivity contribution < 1.29 is 29.6 Å². The molecule has 5 unspecified atom stereocenters. The first kappa shape index (κ1) is 18.0. The summed E-state index contributed by atoms with van der Waals surface area (Å²) < 4.78 is 11.4. The Morgan fingerprint density at radius 2 is 2.16 bits per heavy atom. The van der Waals surface area contributed by atoms with Crippen molar-refractivity contribution in [3.05, 3.63) is 29.4 Å². The minimum Gasteiger partial charge on any atom is -0.460 e. The Morgan fingerprint density at radius 3 is 2.84 bits per heavy atom. The second kappa shape index (κ2) is 7.19. The third kappa shape index (κ3) is 3.58. The quantitative estimate of drug-likeness (QED) is 0.521. The summed E-state index contributed by atoms with van der Waals surface area (Å²) in [6.07, 6.45) is -3.26. The molecule has 136 valence electrons. The van der Waals surface area contributed by atoms with Crippen LogP contribution in [0.5, 0.6) is 5.75 Å². The fourth-order valence-electron chi connectivity index (χ4n) is 2.87. The summed E-state index contributed by atoms with van der Waals surface area (Å²) in [5.41, 5.74) is 0.744. The van der Waals surface area contributed by atoms with Crippen LogP contribution in [0.4, 0.5) is 0 Å². The molecule has 8 nitrogen and oxygen atoms in total. The molecule has 3 rings (SSSR count). The highest BCUT2D eigenvalue weighted by Gasteiger charge is 2.46. The van der Waals surface area contributed by atoms with Gasteiger partial charge < -0.3 is 35.1 Å². The van der Waals surface area contributed by atoms with Gasteiger partial charge in [-0.2, -0.15) is 0 Å². The molecule has 5 atom stereocenters. The highest BCUT2D eigenvalue weighted by Crippen LogP contribution is 2.31. The lowest BCUT2D eigenvalue weighted by Crippen LogP contribution is -2.65. The SMILES string of the molecule is CC(=O)NC1C(Oc2c[nH]c3cc(Cl)ccc23)OC(CO)C(O)C1O. The number of aliphatic hydroxyl groups excluding tert-OH is 3. The van der Waals surface area contributed by atoms with E-state index in [4.69, 9.17) is 21.1 Å². The van der Waals surface area contributed by atoms with Gasteiger partial charge in [0.15, 0.2) is 0 Å². The zero-order valence-corrected chi connectivity index (χ0v) is 14.1. The van der Waals surface area contributed by atoms with Crippen LogP contribution in [-0.2, 0) is 9.53 Å². The number of amides is 1. The third-order valence-electron chi connectivity index (χ3n) is 4.10. The first-order valence-corrected chi connectivity index (χ1v) is 8.11. The van der Waals surface area contributed by atoms with E-state index < -0.39 is 43.2 Å². The first-order valence-electron chi connectivity index (χ1n) is 7.73. The van der Waals surface area contributed by atoms with E-state index in [0.29, 0.717) is 10.8 Å². The number of fused-ring (bicyclic) bond motifs is 1. The summed E-state index contributed by atoms with van der Waals surface area (Å²) >= 11 is 5.95. The number of aromatic nitrogens is 1. The average Bonchev–Trinajstić information content (AvgIpc) is 2.96. The molecular formula is C16H19ClN2O6. The lowest BCUT2D eigenvalue weighted by molar-refractivity contribution is -0.244. The number of halogens is 1. The monoisotopic (exact) mass is 370 g/mol. The molecule has 2 heterocycles. The second-order valence-corrected chi connectivity index (χ2v) is 6.33. The van der Waals surface area contributed by atoms with Crippen molar-refractivity contribution in [2.45, 2.75) is 37.6 Å². The van der Waals surface area contributed by atoms with Gasteiger partial charge >= 0.3 is 0 Å². The van der Waals surface area contributed by atoms with Gasteiger partial charge in [0.2, 0.25) is 12.2 Å². The van der Waals surface area contributed by atoms with Crippen LogP contribution < -0.4 is 10.1 Å². The van der Waals surface area contributed by atoms with E-state index in [2.05, 4.69) is 10.3 Å². The topological polar surface area (TPSA) is 124 Å². The highest BCUT2D eigenvalue weighted by molar-refractivity contribution is 6.31. The number of nitrogens with one attached hydrogen (secondary N) is 2. The number of hydrogen-bond donors (Lipinski definition) is 5. The minimum atomic E-state index is -1.36. The van der Waals surface area contributed by atoms with Gasteiger partial charge in [-0.05, 0) is 18.2 Å². The number of carbonyl (C=O) groups excluding carboxylic acids is 1. The minimum absolute atomic E-state index is 0.415. The molecule has 9 heteroatoms. The maximum atomic E-state index is 11.4. The standard InChI is InChI=1S/C16H19ClN2O6/c1-7(21)19-13-15(23)14(22)12(6-20)25-16(13)24-11-5-18-10-4-8(17)2-3-9(10)11/h2-5,12-16,18,20,22-23H,6H2,1H3,(H,19,21). The molecule has 1 amide bonds. The van der Waals surface area contributed by atoms with E-state index in [9.17, 15) is 20.1 Å². The summed E-state index contributed by atoms with van der Waals surface area (Å²) in [5, 5.41) is 33.4. The zero-order chi connectivity index (χ0) is 18.1. The second-order valence-electron chi connectivity index (χ2n) is 5.89. The molecule has 5 N–H and O–H groups in total. The number of carbonyl (C=O) groups is 1. The van der Waals surface area contributed by atoms with E-state index >= 15 is 0 Å². The molecule has 0 spiro atoms. The van der Waals surface area contributed by atoms with Gasteiger partial charge in [-0.3, -0.25) is 4.79 Å². The van der Waals surface area contributed by atoms with Gasteiger partial charge in [-0.15, -0.1) is 0 Å². The lowest BCUT2D eigenvalue weighted by Gasteiger charge is -2.41. The Balaban J connectivity index is 1.89. The van der Waals surface area contributed by atoms with E-state index in [-0.39, 0.29) is 0 Å². The Bertz CT molecular complexity index is 766. The number of aromatic amines is 1. The summed E-state index contributed by atoms with van der Waals surface area (Å²) in [4.78, 5) is 14.4. The third-order valence-corrected chi connectivity index (χ3v) is 4.33. The molecule has 0 radical (unpaired) electrons. The fourth-order valence-corrected chi connectivity index (χ4v) is 3.04. The van der Waals surface area contributed by atoms with E-state index in [1.54, 1.807) is 24.4 Å². The van der Waals surface area contributed by atoms with Crippen molar-refractivity contribution in [2.24, 2.45) is 0 Å². The molecule has 1 aliphatic heterocycles. The van der Waals surface area contributed by atoms with Gasteiger partial charge in [0.25, 0.3) is 0 Å². The van der Waals surface area contributed by atoms with Gasteiger partial charge in [-0.1, -0.05) is 11.6 Å². The van der Waals surface area contributed by atoms with Crippen LogP contribution >= 0.6 is 11.6 Å². The van der Waals surface area contributed by atoms with Crippen LogP contribution in [0.25, 0.3) is 10.9 Å². The van der Waals surface area contributed by atoms with E-state index in [0.717, 1.165) is 10.9 Å². The van der Waals surface area contributed by atoms with Crippen LogP contribution in [0.2, 0.25) is 5.02 Å². The number of H-pyrrole nitrogens is 1. The Kier molecular flexibility index (Phi) is 5.16. The summed E-state index contributed by atoms with van der Waals surface area (Å²) in [7, 11) is 0. The van der Waals surface area contributed by atoms with Crippen molar-refractivity contribution in [3.63, 3.8) is 0 Å². The highest BCUT2D eigenvalue weighted by atomic mass is 35.5. The molecule has 1 fully saturated rings. The van der Waals surface area contributed by atoms with E-state index in [1.165, 1.54) is 6.92 Å². The summed E-state index contributed by atoms with van der Waals surface area (Å²) in [6.45, 7) is 0.774. The molecule has 0 saturated carbocycles. The van der Waals surface area contributed by atoms with Gasteiger partial charge in [0.05, 0.1) is 12.1 Å². The Hall–Kier alpha value is -1.84. The first-order chi connectivity index (χ1) is 11.9. The number of rotatable bonds is 4. The number of benzene rings is 1. The van der Waals surface area contributed by atoms with Crippen molar-refractivity contribution >= 4 is 28.4 Å². The largest absolute Gasteiger partial charge is 0.460 e. The molecule has 2 aromatic rings. The zero-order valence-electron chi connectivity index (χ0n) is 13.3. The number of hydrogen-bond acceptors (Lipinski definition) is 6. The van der Waals surface area contributed by atoms with E-state index in [1.807, 2.05) is 0 Å². The van der Waals surface area contributed by atoms with Crippen molar-refractivity contribution in [3.8, 4) is 5.75 Å². The smallest absolute Gasteiger partial charge is 0.223 e. The molecule has 25 heavy (non-hydrogen) atoms. The fraction of sp³-hybridized carbons (Fsp3) is 0.438. The van der Waals surface area contributed by atoms with Gasteiger partial charge in [0.1, 0.15) is 30.1 Å². The molecule has 1 saturated heterocycles. The Morgan fingerprint density at radius 1 is 1.40 bits per heavy atom. The van der Waals surface area contributed by atoms with Crippen molar-refractivity contribution in [1.82, 2.24) is 10.3 Å². The lowest BCUT2D eigenvalue weighted by atomic mass is 9.97. The average molecular weight is 371 g/mol. The predicted molar refractivity (Wildman–Crippen MR) is 89.3 cm³/mol. The van der Waals surface area contributed by atoms with Crippen LogP contribution in [0, 0.1) is 0 Å².